The Bertz CT molecular complexity index is 456. The molecule has 19 heavy (non-hydrogen) atoms. The van der Waals surface area contributed by atoms with Crippen LogP contribution < -0.4 is 5.32 Å². The summed E-state index contributed by atoms with van der Waals surface area (Å²) in [4.78, 5) is 4.34. The van der Waals surface area contributed by atoms with Gasteiger partial charge in [0.1, 0.15) is 11.3 Å². The molecule has 1 unspecified atom stereocenters. The van der Waals surface area contributed by atoms with Gasteiger partial charge in [-0.3, -0.25) is 5.32 Å². The molecule has 4 nitrogen and oxygen atoms in total. The number of hydrogen-bond donors (Lipinski definition) is 1. The Morgan fingerprint density at radius 1 is 1.53 bits per heavy atom. The minimum atomic E-state index is -0.385. The summed E-state index contributed by atoms with van der Waals surface area (Å²) in [5.41, 5.74) is 0.573. The van der Waals surface area contributed by atoms with Crippen LogP contribution in [0.5, 0.6) is 0 Å². The molecule has 1 fully saturated rings. The van der Waals surface area contributed by atoms with Crippen LogP contribution in [-0.2, 0) is 0 Å². The first-order valence-electron chi connectivity index (χ1n) is 6.78. The molecule has 1 atom stereocenters. The first kappa shape index (κ1) is 14.4. The fourth-order valence-corrected chi connectivity index (χ4v) is 2.78. The van der Waals surface area contributed by atoms with Crippen LogP contribution >= 0.6 is 11.8 Å². The number of thioether (sulfide) groups is 1. The van der Waals surface area contributed by atoms with Gasteiger partial charge in [0.2, 0.25) is 0 Å². The van der Waals surface area contributed by atoms with Gasteiger partial charge in [-0.25, -0.2) is 4.98 Å². The summed E-state index contributed by atoms with van der Waals surface area (Å²) in [6.45, 7) is 5.88. The Labute approximate surface area is 119 Å². The van der Waals surface area contributed by atoms with E-state index in [0.717, 1.165) is 35.3 Å². The van der Waals surface area contributed by atoms with E-state index in [4.69, 9.17) is 4.42 Å². The molecule has 1 heterocycles. The molecule has 0 aliphatic heterocycles. The van der Waals surface area contributed by atoms with E-state index >= 15 is 0 Å². The molecule has 104 valence electrons. The molecular weight excluding hydrogens is 258 g/mol. The standard InChI is InChI=1S/C14H21N3OS/c1-10-11(2)18-13(16-10)19-8-4-7-14(3,9-15)17-12-5-6-12/h12,17H,4-8H2,1-3H3. The van der Waals surface area contributed by atoms with Crippen molar-refractivity contribution in [2.45, 2.75) is 63.3 Å². The molecular formula is C14H21N3OS. The topological polar surface area (TPSA) is 61.9 Å². The summed E-state index contributed by atoms with van der Waals surface area (Å²) >= 11 is 1.63. The summed E-state index contributed by atoms with van der Waals surface area (Å²) in [5, 5.41) is 13.4. The van der Waals surface area contributed by atoms with Crippen LogP contribution in [-0.4, -0.2) is 22.3 Å². The summed E-state index contributed by atoms with van der Waals surface area (Å²) in [5.74, 6) is 1.82. The highest BCUT2D eigenvalue weighted by atomic mass is 32.2. The molecule has 1 aliphatic carbocycles. The lowest BCUT2D eigenvalue weighted by Crippen LogP contribution is -2.42. The van der Waals surface area contributed by atoms with Crippen molar-refractivity contribution in [3.63, 3.8) is 0 Å². The SMILES string of the molecule is Cc1nc(SCCCC(C)(C#N)NC2CC2)oc1C. The van der Waals surface area contributed by atoms with E-state index in [-0.39, 0.29) is 5.54 Å². The van der Waals surface area contributed by atoms with Gasteiger partial charge in [-0.2, -0.15) is 5.26 Å². The number of oxazole rings is 1. The third-order valence-electron chi connectivity index (χ3n) is 3.40. The van der Waals surface area contributed by atoms with E-state index in [9.17, 15) is 5.26 Å². The minimum absolute atomic E-state index is 0.385. The summed E-state index contributed by atoms with van der Waals surface area (Å²) < 4.78 is 5.52. The summed E-state index contributed by atoms with van der Waals surface area (Å²) in [6, 6.07) is 2.97. The first-order valence-corrected chi connectivity index (χ1v) is 7.77. The molecule has 2 rings (SSSR count). The van der Waals surface area contributed by atoms with Crippen LogP contribution in [0.15, 0.2) is 9.64 Å². The Morgan fingerprint density at radius 2 is 2.26 bits per heavy atom. The molecule has 1 aliphatic rings. The van der Waals surface area contributed by atoms with E-state index in [1.165, 1.54) is 12.8 Å². The normalized spacial score (nSPS) is 18.0. The first-order chi connectivity index (χ1) is 9.02. The zero-order valence-corrected chi connectivity index (χ0v) is 12.6. The van der Waals surface area contributed by atoms with Gasteiger partial charge in [-0.05, 0) is 46.5 Å². The maximum absolute atomic E-state index is 9.27. The van der Waals surface area contributed by atoms with Crippen LogP contribution in [0.2, 0.25) is 0 Å². The quantitative estimate of drug-likeness (QED) is 0.613. The molecule has 1 saturated carbocycles. The zero-order valence-electron chi connectivity index (χ0n) is 11.8. The second-order valence-electron chi connectivity index (χ2n) is 5.44. The smallest absolute Gasteiger partial charge is 0.256 e. The van der Waals surface area contributed by atoms with Crippen molar-refractivity contribution < 1.29 is 4.42 Å². The third kappa shape index (κ3) is 4.26. The van der Waals surface area contributed by atoms with Gasteiger partial charge < -0.3 is 4.42 Å². The number of rotatable bonds is 7. The molecule has 0 radical (unpaired) electrons. The van der Waals surface area contributed by atoms with Gasteiger partial charge in [0.05, 0.1) is 11.8 Å². The Balaban J connectivity index is 1.72. The lowest BCUT2D eigenvalue weighted by atomic mass is 9.98. The largest absolute Gasteiger partial charge is 0.437 e. The predicted octanol–water partition coefficient (Wildman–Crippen LogP) is 3.20. The van der Waals surface area contributed by atoms with Gasteiger partial charge in [0, 0.05) is 11.8 Å². The van der Waals surface area contributed by atoms with Crippen LogP contribution in [0.25, 0.3) is 0 Å². The maximum atomic E-state index is 9.27. The number of aryl methyl sites for hydroxylation is 2. The van der Waals surface area contributed by atoms with Crippen LogP contribution in [0, 0.1) is 25.2 Å². The van der Waals surface area contributed by atoms with E-state index in [2.05, 4.69) is 16.4 Å². The maximum Gasteiger partial charge on any atom is 0.256 e. The monoisotopic (exact) mass is 279 g/mol. The second-order valence-corrected chi connectivity index (χ2v) is 6.48. The fraction of sp³-hybridized carbons (Fsp3) is 0.714. The summed E-state index contributed by atoms with van der Waals surface area (Å²) in [6.07, 6.45) is 4.27. The number of nitrogens with zero attached hydrogens (tertiary/aromatic N) is 2. The highest BCUT2D eigenvalue weighted by Crippen LogP contribution is 2.26. The van der Waals surface area contributed by atoms with Crippen LogP contribution in [0.3, 0.4) is 0 Å². The molecule has 1 aromatic rings. The van der Waals surface area contributed by atoms with Gasteiger partial charge in [0.15, 0.2) is 0 Å². The van der Waals surface area contributed by atoms with E-state index < -0.39 is 0 Å². The Morgan fingerprint density at radius 3 is 2.79 bits per heavy atom. The number of hydrogen-bond acceptors (Lipinski definition) is 5. The fourth-order valence-electron chi connectivity index (χ4n) is 1.93. The van der Waals surface area contributed by atoms with E-state index in [1.54, 1.807) is 11.8 Å². The molecule has 0 amide bonds. The Kier molecular flexibility index (Phi) is 4.54. The molecule has 0 bridgehead atoms. The van der Waals surface area contributed by atoms with Crippen molar-refractivity contribution in [3.05, 3.63) is 11.5 Å². The predicted molar refractivity (Wildman–Crippen MR) is 76.1 cm³/mol. The molecule has 0 aromatic carbocycles. The van der Waals surface area contributed by atoms with Crippen molar-refractivity contribution >= 4 is 11.8 Å². The zero-order chi connectivity index (χ0) is 13.9. The van der Waals surface area contributed by atoms with Crippen molar-refractivity contribution in [2.75, 3.05) is 5.75 Å². The van der Waals surface area contributed by atoms with Gasteiger partial charge in [0.25, 0.3) is 5.22 Å². The average Bonchev–Trinajstić information content (AvgIpc) is 3.12. The Hall–Kier alpha value is -0.990. The average molecular weight is 279 g/mol. The molecule has 0 spiro atoms. The number of nitrogens with one attached hydrogen (secondary N) is 1. The van der Waals surface area contributed by atoms with Gasteiger partial charge in [-0.1, -0.05) is 11.8 Å². The van der Waals surface area contributed by atoms with Gasteiger partial charge in [-0.15, -0.1) is 0 Å². The highest BCUT2D eigenvalue weighted by Gasteiger charge is 2.31. The van der Waals surface area contributed by atoms with E-state index in [1.807, 2.05) is 20.8 Å². The van der Waals surface area contributed by atoms with Crippen molar-refractivity contribution in [3.8, 4) is 6.07 Å². The van der Waals surface area contributed by atoms with Crippen molar-refractivity contribution in [2.24, 2.45) is 0 Å². The molecule has 1 N–H and O–H groups in total. The van der Waals surface area contributed by atoms with Crippen LogP contribution in [0.1, 0.15) is 44.1 Å². The van der Waals surface area contributed by atoms with Crippen LogP contribution in [0.4, 0.5) is 0 Å². The minimum Gasteiger partial charge on any atom is -0.437 e. The lowest BCUT2D eigenvalue weighted by Gasteiger charge is -2.22. The molecule has 5 heteroatoms. The molecule has 0 saturated heterocycles. The summed E-state index contributed by atoms with van der Waals surface area (Å²) in [7, 11) is 0. The van der Waals surface area contributed by atoms with Gasteiger partial charge >= 0.3 is 0 Å². The highest BCUT2D eigenvalue weighted by molar-refractivity contribution is 7.99. The third-order valence-corrected chi connectivity index (χ3v) is 4.32. The van der Waals surface area contributed by atoms with Crippen molar-refractivity contribution in [1.82, 2.24) is 10.3 Å². The second kappa shape index (κ2) is 5.98. The number of nitriles is 1. The van der Waals surface area contributed by atoms with E-state index in [0.29, 0.717) is 6.04 Å². The molecule has 1 aromatic heterocycles. The lowest BCUT2D eigenvalue weighted by molar-refractivity contribution is 0.410. The number of aromatic nitrogens is 1. The van der Waals surface area contributed by atoms with Crippen molar-refractivity contribution in [1.29, 1.82) is 5.26 Å².